The van der Waals surface area contributed by atoms with E-state index in [4.69, 9.17) is 28.4 Å². The fourth-order valence-corrected chi connectivity index (χ4v) is 12.0. The molecule has 13 nitrogen and oxygen atoms in total. The van der Waals surface area contributed by atoms with Crippen molar-refractivity contribution >= 4 is 5.78 Å². The molecule has 53 heavy (non-hydrogen) atoms. The van der Waals surface area contributed by atoms with Crippen molar-refractivity contribution in [2.24, 2.45) is 46.3 Å². The molecule has 0 amide bonds. The normalized spacial score (nSPS) is 53.7. The van der Waals surface area contributed by atoms with E-state index in [2.05, 4.69) is 27.7 Å². The van der Waals surface area contributed by atoms with Crippen LogP contribution in [-0.4, -0.2) is 130 Å². The van der Waals surface area contributed by atoms with E-state index in [1.54, 1.807) is 7.11 Å². The first-order valence-corrected chi connectivity index (χ1v) is 20.2. The minimum absolute atomic E-state index is 0.101. The van der Waals surface area contributed by atoms with Crippen LogP contribution in [0.2, 0.25) is 0 Å². The second-order valence-corrected chi connectivity index (χ2v) is 18.2. The molecule has 6 fully saturated rings. The van der Waals surface area contributed by atoms with Crippen LogP contribution in [0.1, 0.15) is 92.4 Å². The summed E-state index contributed by atoms with van der Waals surface area (Å²) < 4.78 is 36.1. The molecule has 0 spiro atoms. The Morgan fingerprint density at radius 1 is 0.774 bits per heavy atom. The molecular weight excluding hydrogens is 688 g/mol. The average molecular weight is 753 g/mol. The number of carbonyl (C=O) groups excluding carboxylic acids is 1. The topological polar surface area (TPSA) is 194 Å². The van der Waals surface area contributed by atoms with Crippen LogP contribution in [-0.2, 0) is 33.2 Å². The van der Waals surface area contributed by atoms with Gasteiger partial charge < -0.3 is 59.1 Å². The van der Waals surface area contributed by atoms with Gasteiger partial charge in [-0.1, -0.05) is 33.3 Å². The van der Waals surface area contributed by atoms with Crippen molar-refractivity contribution < 1.29 is 63.9 Å². The summed E-state index contributed by atoms with van der Waals surface area (Å²) in [4.78, 5) is 14.2. The number of hydrogen-bond acceptors (Lipinski definition) is 13. The van der Waals surface area contributed by atoms with Crippen LogP contribution in [0.3, 0.4) is 0 Å². The van der Waals surface area contributed by atoms with Gasteiger partial charge in [-0.05, 0) is 105 Å². The fourth-order valence-electron chi connectivity index (χ4n) is 12.0. The molecule has 0 bridgehead atoms. The van der Waals surface area contributed by atoms with Crippen molar-refractivity contribution in [1.29, 1.82) is 0 Å². The first-order valence-electron chi connectivity index (χ1n) is 20.2. The number of carbonyl (C=O) groups is 1. The van der Waals surface area contributed by atoms with Gasteiger partial charge in [-0.15, -0.1) is 0 Å². The fraction of sp³-hybridized carbons (Fsp3) is 0.925. The van der Waals surface area contributed by atoms with E-state index in [0.717, 1.165) is 44.9 Å². The van der Waals surface area contributed by atoms with Crippen molar-refractivity contribution in [3.05, 3.63) is 11.6 Å². The second kappa shape index (κ2) is 15.4. The van der Waals surface area contributed by atoms with Crippen LogP contribution < -0.4 is 0 Å². The molecule has 302 valence electrons. The highest BCUT2D eigenvalue weighted by molar-refractivity contribution is 5.94. The minimum atomic E-state index is -1.65. The lowest BCUT2D eigenvalue weighted by atomic mass is 9.47. The van der Waals surface area contributed by atoms with Crippen LogP contribution in [0.15, 0.2) is 11.6 Å². The van der Waals surface area contributed by atoms with E-state index >= 15 is 0 Å². The molecule has 3 aliphatic heterocycles. The zero-order valence-electron chi connectivity index (χ0n) is 32.2. The highest BCUT2D eigenvalue weighted by atomic mass is 16.8. The summed E-state index contributed by atoms with van der Waals surface area (Å²) in [5, 5.41) is 62.9. The molecule has 3 heterocycles. The molecule has 6 N–H and O–H groups in total. The predicted octanol–water partition coefficient (Wildman–Crippen LogP) is 2.21. The zero-order valence-corrected chi connectivity index (χ0v) is 32.2. The molecule has 0 aromatic heterocycles. The number of methoxy groups -OCH3 is 1. The zero-order chi connectivity index (χ0) is 38.1. The highest BCUT2D eigenvalue weighted by Gasteiger charge is 2.61. The van der Waals surface area contributed by atoms with Crippen molar-refractivity contribution in [2.75, 3.05) is 13.7 Å². The van der Waals surface area contributed by atoms with Gasteiger partial charge >= 0.3 is 0 Å². The summed E-state index contributed by atoms with van der Waals surface area (Å²) >= 11 is 0. The first kappa shape index (κ1) is 40.1. The minimum Gasteiger partial charge on any atom is -0.394 e. The average Bonchev–Trinajstić information content (AvgIpc) is 3.50. The summed E-state index contributed by atoms with van der Waals surface area (Å²) in [5.74, 6) is 1.81. The largest absolute Gasteiger partial charge is 0.394 e. The molecular formula is C40H64O13. The van der Waals surface area contributed by atoms with Crippen LogP contribution >= 0.6 is 0 Å². The molecule has 4 aliphatic carbocycles. The lowest BCUT2D eigenvalue weighted by Gasteiger charge is -2.57. The van der Waals surface area contributed by atoms with E-state index in [1.807, 2.05) is 6.08 Å². The number of fused-ring (bicyclic) bond motifs is 5. The third-order valence-electron chi connectivity index (χ3n) is 15.3. The van der Waals surface area contributed by atoms with Gasteiger partial charge in [0.25, 0.3) is 0 Å². The molecule has 7 rings (SSSR count). The quantitative estimate of drug-likeness (QED) is 0.212. The van der Waals surface area contributed by atoms with Crippen molar-refractivity contribution in [3.8, 4) is 0 Å². The van der Waals surface area contributed by atoms with Gasteiger partial charge in [-0.3, -0.25) is 4.79 Å². The Balaban J connectivity index is 1.06. The van der Waals surface area contributed by atoms with Crippen LogP contribution in [0.4, 0.5) is 0 Å². The van der Waals surface area contributed by atoms with Crippen molar-refractivity contribution in [3.63, 3.8) is 0 Å². The van der Waals surface area contributed by atoms with E-state index in [9.17, 15) is 35.4 Å². The second-order valence-electron chi connectivity index (χ2n) is 18.2. The molecule has 21 unspecified atom stereocenters. The smallest absolute Gasteiger partial charge is 0.187 e. The van der Waals surface area contributed by atoms with Crippen molar-refractivity contribution in [2.45, 2.75) is 172 Å². The van der Waals surface area contributed by atoms with E-state index < -0.39 is 74.1 Å². The maximum absolute atomic E-state index is 14.2. The number of aliphatic hydroxyl groups is 6. The monoisotopic (exact) mass is 752 g/mol. The van der Waals surface area contributed by atoms with E-state index in [0.29, 0.717) is 42.4 Å². The maximum atomic E-state index is 14.2. The van der Waals surface area contributed by atoms with Crippen molar-refractivity contribution in [1.82, 2.24) is 0 Å². The molecule has 3 saturated heterocycles. The van der Waals surface area contributed by atoms with Crippen LogP contribution in [0.5, 0.6) is 0 Å². The molecule has 0 radical (unpaired) electrons. The number of allylic oxidation sites excluding steroid dienone is 2. The third kappa shape index (κ3) is 6.90. The Kier molecular flexibility index (Phi) is 11.6. The lowest BCUT2D eigenvalue weighted by molar-refractivity contribution is -0.370. The predicted molar refractivity (Wildman–Crippen MR) is 189 cm³/mol. The summed E-state index contributed by atoms with van der Waals surface area (Å²) in [7, 11) is 1.74. The molecule has 13 heteroatoms. The Morgan fingerprint density at radius 3 is 2.21 bits per heavy atom. The molecule has 0 aromatic carbocycles. The Bertz CT molecular complexity index is 1350. The van der Waals surface area contributed by atoms with E-state index in [1.165, 1.54) is 12.5 Å². The lowest BCUT2D eigenvalue weighted by Crippen LogP contribution is -2.64. The number of ketones is 1. The summed E-state index contributed by atoms with van der Waals surface area (Å²) in [6, 6.07) is 0. The molecule has 21 atom stereocenters. The standard InChI is InChI=1S/C40H64O13/c1-18-7-10-28(51-36(18)48-6)19(2)23-8-9-24-22-16-27(42)26-15-21(11-13-40(26,5)25(22)12-14-39(23,24)4)50-38-35(33(46)31(44)29(17-41)52-38)53-37-34(47)32(45)30(43)20(3)49-37/h16,18-21,23-26,28-38,41,43-47H,7-15,17H2,1-6H3. The van der Waals surface area contributed by atoms with Crippen LogP contribution in [0.25, 0.3) is 0 Å². The molecule has 0 aromatic rings. The van der Waals surface area contributed by atoms with Gasteiger partial charge in [0, 0.05) is 18.9 Å². The summed E-state index contributed by atoms with van der Waals surface area (Å²) in [5.41, 5.74) is 1.20. The summed E-state index contributed by atoms with van der Waals surface area (Å²) in [6.07, 6.45) is -4.03. The summed E-state index contributed by atoms with van der Waals surface area (Å²) in [6.45, 7) is 10.2. The van der Waals surface area contributed by atoms with Crippen LogP contribution in [0, 0.1) is 46.3 Å². The first-order chi connectivity index (χ1) is 25.1. The Hall–Kier alpha value is -1.07. The van der Waals surface area contributed by atoms with Gasteiger partial charge in [0.1, 0.15) is 42.7 Å². The van der Waals surface area contributed by atoms with Gasteiger partial charge in [-0.2, -0.15) is 0 Å². The number of hydrogen-bond donors (Lipinski definition) is 6. The Labute approximate surface area is 313 Å². The number of rotatable bonds is 8. The maximum Gasteiger partial charge on any atom is 0.187 e. The van der Waals surface area contributed by atoms with Gasteiger partial charge in [0.05, 0.1) is 24.9 Å². The number of ether oxygens (including phenoxy) is 6. The van der Waals surface area contributed by atoms with Gasteiger partial charge in [0.15, 0.2) is 24.7 Å². The molecule has 3 saturated carbocycles. The third-order valence-corrected chi connectivity index (χ3v) is 15.3. The van der Waals surface area contributed by atoms with Gasteiger partial charge in [0.2, 0.25) is 0 Å². The SMILES string of the molecule is COC1OC(C(C)C2CCC3C4=CC(=O)C5CC(OC6OC(CO)C(O)C(O)C6OC6OC(C)C(O)C(O)C6O)CCC5(C)C4CCC32C)CCC1C. The number of aliphatic hydroxyl groups excluding tert-OH is 6. The Morgan fingerprint density at radius 2 is 1.49 bits per heavy atom. The highest BCUT2D eigenvalue weighted by Crippen LogP contribution is 2.67. The van der Waals surface area contributed by atoms with E-state index in [-0.39, 0.29) is 34.9 Å². The van der Waals surface area contributed by atoms with Gasteiger partial charge in [-0.25, -0.2) is 0 Å². The molecule has 7 aliphatic rings.